The Kier molecular flexibility index (Phi) is 4.32. The monoisotopic (exact) mass is 311 g/mol. The van der Waals surface area contributed by atoms with Gasteiger partial charge in [-0.3, -0.25) is 9.59 Å². The lowest BCUT2D eigenvalue weighted by molar-refractivity contribution is -0.116. The van der Waals surface area contributed by atoms with E-state index >= 15 is 0 Å². The number of benzene rings is 1. The second kappa shape index (κ2) is 5.98. The zero-order chi connectivity index (χ0) is 14.7. The van der Waals surface area contributed by atoms with Gasteiger partial charge in [0, 0.05) is 30.2 Å². The Hall–Kier alpha value is -1.98. The molecule has 0 aliphatic heterocycles. The number of nitrogens with zero attached hydrogens (tertiary/aromatic N) is 1. The van der Waals surface area contributed by atoms with E-state index in [2.05, 4.69) is 5.32 Å². The summed E-state index contributed by atoms with van der Waals surface area (Å²) in [4.78, 5) is 22.9. The molecule has 5 nitrogen and oxygen atoms in total. The van der Waals surface area contributed by atoms with Crippen molar-refractivity contribution in [1.29, 1.82) is 0 Å². The van der Waals surface area contributed by atoms with E-state index in [9.17, 15) is 9.59 Å². The average molecular weight is 312 g/mol. The van der Waals surface area contributed by atoms with E-state index in [0.29, 0.717) is 11.4 Å². The number of nitrogens with one attached hydrogen (secondary N) is 1. The highest BCUT2D eigenvalue weighted by Crippen LogP contribution is 2.32. The molecule has 0 fully saturated rings. The van der Waals surface area contributed by atoms with Crippen molar-refractivity contribution in [2.75, 3.05) is 11.1 Å². The highest BCUT2D eigenvalue weighted by molar-refractivity contribution is 6.40. The molecule has 0 aliphatic rings. The van der Waals surface area contributed by atoms with Crippen LogP contribution in [0, 0.1) is 0 Å². The van der Waals surface area contributed by atoms with Crippen molar-refractivity contribution < 1.29 is 4.79 Å². The van der Waals surface area contributed by atoms with Gasteiger partial charge in [-0.15, -0.1) is 0 Å². The summed E-state index contributed by atoms with van der Waals surface area (Å²) in [7, 11) is 0. The van der Waals surface area contributed by atoms with Gasteiger partial charge in [-0.05, 0) is 12.1 Å². The van der Waals surface area contributed by atoms with Gasteiger partial charge in [-0.1, -0.05) is 23.2 Å². The molecule has 0 saturated carbocycles. The highest BCUT2D eigenvalue weighted by atomic mass is 35.5. The number of aromatic nitrogens is 1. The van der Waals surface area contributed by atoms with Crippen LogP contribution in [-0.2, 0) is 11.3 Å². The van der Waals surface area contributed by atoms with Gasteiger partial charge in [0.25, 0.3) is 0 Å². The van der Waals surface area contributed by atoms with E-state index in [1.807, 2.05) is 0 Å². The quantitative estimate of drug-likeness (QED) is 0.854. The normalized spacial score (nSPS) is 10.3. The molecule has 0 aliphatic carbocycles. The molecule has 2 rings (SSSR count). The van der Waals surface area contributed by atoms with Gasteiger partial charge in [0.2, 0.25) is 5.91 Å². The van der Waals surface area contributed by atoms with Crippen molar-refractivity contribution >= 4 is 40.5 Å². The van der Waals surface area contributed by atoms with Crippen LogP contribution in [0.25, 0.3) is 0 Å². The molecule has 1 aromatic heterocycles. The summed E-state index contributed by atoms with van der Waals surface area (Å²) >= 11 is 12.0. The van der Waals surface area contributed by atoms with Crippen molar-refractivity contribution in [2.24, 2.45) is 0 Å². The van der Waals surface area contributed by atoms with Crippen LogP contribution >= 0.6 is 23.2 Å². The van der Waals surface area contributed by atoms with Crippen molar-refractivity contribution in [1.82, 2.24) is 4.57 Å². The molecule has 1 heterocycles. The zero-order valence-corrected chi connectivity index (χ0v) is 11.8. The summed E-state index contributed by atoms with van der Waals surface area (Å²) in [6.07, 6.45) is 3.04. The molecule has 7 heteroatoms. The van der Waals surface area contributed by atoms with Crippen LogP contribution in [0.15, 0.2) is 41.5 Å². The molecular weight excluding hydrogens is 301 g/mol. The fraction of sp³-hybridized carbons (Fsp3) is 0.0769. The first-order valence-corrected chi connectivity index (χ1v) is 6.42. The summed E-state index contributed by atoms with van der Waals surface area (Å²) in [5, 5.41) is 3.15. The predicted molar refractivity (Wildman–Crippen MR) is 80.2 cm³/mol. The van der Waals surface area contributed by atoms with E-state index in [-0.39, 0.29) is 27.9 Å². The maximum absolute atomic E-state index is 11.9. The second-order valence-electron chi connectivity index (χ2n) is 4.11. The first kappa shape index (κ1) is 14.4. The third-order valence-electron chi connectivity index (χ3n) is 2.52. The standard InChI is InChI=1S/C13H11Cl2N3O2/c14-10-5-8(16)6-11(15)13(10)17-12(20)7-18-3-1-9(19)2-4-18/h1-6H,7,16H2,(H,17,20). The van der Waals surface area contributed by atoms with Gasteiger partial charge in [0.1, 0.15) is 6.54 Å². The Labute approximate surface area is 124 Å². The number of pyridine rings is 1. The van der Waals surface area contributed by atoms with Gasteiger partial charge in [-0.2, -0.15) is 0 Å². The van der Waals surface area contributed by atoms with Gasteiger partial charge >= 0.3 is 0 Å². The predicted octanol–water partition coefficient (Wildman–Crippen LogP) is 2.38. The largest absolute Gasteiger partial charge is 0.399 e. The van der Waals surface area contributed by atoms with Crippen molar-refractivity contribution in [2.45, 2.75) is 6.54 Å². The van der Waals surface area contributed by atoms with Gasteiger partial charge in [0.05, 0.1) is 15.7 Å². The van der Waals surface area contributed by atoms with Gasteiger partial charge in [0.15, 0.2) is 5.43 Å². The summed E-state index contributed by atoms with van der Waals surface area (Å²) in [6, 6.07) is 5.75. The first-order chi connectivity index (χ1) is 9.45. The van der Waals surface area contributed by atoms with Crippen molar-refractivity contribution in [3.8, 4) is 0 Å². The highest BCUT2D eigenvalue weighted by Gasteiger charge is 2.11. The minimum Gasteiger partial charge on any atom is -0.399 e. The van der Waals surface area contributed by atoms with Crippen LogP contribution in [0.3, 0.4) is 0 Å². The number of hydrogen-bond acceptors (Lipinski definition) is 3. The summed E-state index contributed by atoms with van der Waals surface area (Å²) in [6.45, 7) is 0.0390. The number of amides is 1. The van der Waals surface area contributed by atoms with E-state index in [1.165, 1.54) is 36.7 Å². The molecule has 1 aromatic carbocycles. The van der Waals surface area contributed by atoms with E-state index in [4.69, 9.17) is 28.9 Å². The first-order valence-electron chi connectivity index (χ1n) is 5.66. The fourth-order valence-electron chi connectivity index (χ4n) is 1.61. The van der Waals surface area contributed by atoms with Crippen molar-refractivity contribution in [3.05, 3.63) is 56.9 Å². The Morgan fingerprint density at radius 2 is 1.75 bits per heavy atom. The molecule has 0 spiro atoms. The number of halogens is 2. The SMILES string of the molecule is Nc1cc(Cl)c(NC(=O)Cn2ccc(=O)cc2)c(Cl)c1. The van der Waals surface area contributed by atoms with Gasteiger partial charge in [-0.25, -0.2) is 0 Å². The molecule has 2 aromatic rings. The van der Waals surface area contributed by atoms with Crippen LogP contribution in [0.4, 0.5) is 11.4 Å². The second-order valence-corrected chi connectivity index (χ2v) is 4.93. The zero-order valence-electron chi connectivity index (χ0n) is 10.3. The van der Waals surface area contributed by atoms with Crippen LogP contribution < -0.4 is 16.5 Å². The Bertz CT molecular complexity index is 670. The average Bonchev–Trinajstić information content (AvgIpc) is 2.36. The fourth-order valence-corrected chi connectivity index (χ4v) is 2.20. The maximum atomic E-state index is 11.9. The number of hydrogen-bond donors (Lipinski definition) is 2. The van der Waals surface area contributed by atoms with E-state index in [1.54, 1.807) is 4.57 Å². The molecule has 0 unspecified atom stereocenters. The Morgan fingerprint density at radius 3 is 2.30 bits per heavy atom. The van der Waals surface area contributed by atoms with Crippen LogP contribution in [0.5, 0.6) is 0 Å². The number of carbonyl (C=O) groups excluding carboxylic acids is 1. The molecule has 0 bridgehead atoms. The Balaban J connectivity index is 2.12. The maximum Gasteiger partial charge on any atom is 0.244 e. The number of anilines is 2. The van der Waals surface area contributed by atoms with E-state index < -0.39 is 0 Å². The number of nitrogens with two attached hydrogens (primary N) is 1. The molecule has 0 saturated heterocycles. The number of nitrogen functional groups attached to an aromatic ring is 1. The number of rotatable bonds is 3. The molecule has 0 atom stereocenters. The minimum atomic E-state index is -0.317. The van der Waals surface area contributed by atoms with E-state index in [0.717, 1.165) is 0 Å². The molecule has 1 amide bonds. The third kappa shape index (κ3) is 3.53. The van der Waals surface area contributed by atoms with Crippen LogP contribution in [-0.4, -0.2) is 10.5 Å². The minimum absolute atomic E-state index is 0.0390. The molecular formula is C13H11Cl2N3O2. The third-order valence-corrected chi connectivity index (χ3v) is 3.11. The van der Waals surface area contributed by atoms with Crippen LogP contribution in [0.2, 0.25) is 10.0 Å². The molecule has 20 heavy (non-hydrogen) atoms. The molecule has 104 valence electrons. The lowest BCUT2D eigenvalue weighted by Crippen LogP contribution is -2.19. The lowest BCUT2D eigenvalue weighted by atomic mass is 10.2. The smallest absolute Gasteiger partial charge is 0.244 e. The lowest BCUT2D eigenvalue weighted by Gasteiger charge is -2.11. The Morgan fingerprint density at radius 1 is 1.20 bits per heavy atom. The summed E-state index contributed by atoms with van der Waals surface area (Å²) in [5.41, 5.74) is 6.19. The topological polar surface area (TPSA) is 77.1 Å². The van der Waals surface area contributed by atoms with Crippen LogP contribution in [0.1, 0.15) is 0 Å². The molecule has 3 N–H and O–H groups in total. The summed E-state index contributed by atoms with van der Waals surface area (Å²) < 4.78 is 1.57. The molecule has 0 radical (unpaired) electrons. The number of carbonyl (C=O) groups is 1. The summed E-state index contributed by atoms with van der Waals surface area (Å²) in [5.74, 6) is -0.317. The van der Waals surface area contributed by atoms with Gasteiger partial charge < -0.3 is 15.6 Å². The van der Waals surface area contributed by atoms with Crippen molar-refractivity contribution in [3.63, 3.8) is 0 Å².